The number of benzene rings is 2. The van der Waals surface area contributed by atoms with E-state index in [0.29, 0.717) is 5.56 Å². The van der Waals surface area contributed by atoms with Gasteiger partial charge in [0, 0.05) is 17.5 Å². The number of amides is 1. The van der Waals surface area contributed by atoms with Gasteiger partial charge in [0.1, 0.15) is 5.75 Å². The normalized spacial score (nSPS) is 11.8. The monoisotopic (exact) mass is 413 g/mol. The zero-order chi connectivity index (χ0) is 18.7. The molecule has 5 nitrogen and oxygen atoms in total. The number of methoxy groups -OCH3 is 1. The number of hydrogen-bond acceptors (Lipinski definition) is 3. The molecule has 0 aliphatic heterocycles. The number of rotatable bonds is 5. The summed E-state index contributed by atoms with van der Waals surface area (Å²) in [7, 11) is 1.62. The molecule has 1 aromatic heterocycles. The number of carbonyl (C=O) groups is 1. The molecule has 3 rings (SSSR count). The Morgan fingerprint density at radius 2 is 1.92 bits per heavy atom. The highest BCUT2D eigenvalue weighted by molar-refractivity contribution is 9.10. The first-order valence-corrected chi connectivity index (χ1v) is 9.04. The number of aryl methyl sites for hydroxylation is 1. The first-order valence-electron chi connectivity index (χ1n) is 8.25. The van der Waals surface area contributed by atoms with Crippen LogP contribution in [0.25, 0.3) is 5.69 Å². The summed E-state index contributed by atoms with van der Waals surface area (Å²) in [4.78, 5) is 12.5. The molecule has 0 saturated carbocycles. The maximum absolute atomic E-state index is 12.5. The van der Waals surface area contributed by atoms with Crippen molar-refractivity contribution in [3.8, 4) is 11.4 Å². The number of nitrogens with zero attached hydrogens (tertiary/aromatic N) is 2. The molecule has 0 bridgehead atoms. The van der Waals surface area contributed by atoms with Crippen molar-refractivity contribution in [3.05, 3.63) is 76.0 Å². The molecule has 0 aliphatic rings. The van der Waals surface area contributed by atoms with Crippen LogP contribution in [0.2, 0.25) is 0 Å². The van der Waals surface area contributed by atoms with Gasteiger partial charge in [-0.3, -0.25) is 4.79 Å². The van der Waals surface area contributed by atoms with Crippen molar-refractivity contribution >= 4 is 21.8 Å². The second-order valence-electron chi connectivity index (χ2n) is 6.02. The van der Waals surface area contributed by atoms with Gasteiger partial charge in [0.25, 0.3) is 5.91 Å². The standard InChI is InChI=1S/C20H20BrN3O2/c1-13-10-11-22-24(13)17-7-4-15(5-8-17)20(25)23-14(2)16-6-9-19(26-3)18(21)12-16/h4-12,14H,1-3H3,(H,23,25)/t14-/m1/s1. The quantitative estimate of drug-likeness (QED) is 0.672. The fourth-order valence-corrected chi connectivity index (χ4v) is 3.27. The Balaban J connectivity index is 1.71. The minimum Gasteiger partial charge on any atom is -0.496 e. The van der Waals surface area contributed by atoms with E-state index in [1.165, 1.54) is 0 Å². The van der Waals surface area contributed by atoms with E-state index in [-0.39, 0.29) is 11.9 Å². The molecule has 1 amide bonds. The largest absolute Gasteiger partial charge is 0.496 e. The summed E-state index contributed by atoms with van der Waals surface area (Å²) in [5, 5.41) is 7.29. The van der Waals surface area contributed by atoms with E-state index < -0.39 is 0 Å². The number of hydrogen-bond donors (Lipinski definition) is 1. The predicted molar refractivity (Wildman–Crippen MR) is 105 cm³/mol. The molecule has 0 unspecified atom stereocenters. The van der Waals surface area contributed by atoms with Crippen molar-refractivity contribution in [2.75, 3.05) is 7.11 Å². The molecule has 0 fully saturated rings. The first-order chi connectivity index (χ1) is 12.5. The number of aromatic nitrogens is 2. The summed E-state index contributed by atoms with van der Waals surface area (Å²) in [6, 6.07) is 15.0. The van der Waals surface area contributed by atoms with E-state index in [0.717, 1.165) is 27.2 Å². The molecule has 1 N–H and O–H groups in total. The highest BCUT2D eigenvalue weighted by Crippen LogP contribution is 2.28. The van der Waals surface area contributed by atoms with Crippen molar-refractivity contribution in [2.45, 2.75) is 19.9 Å². The molecule has 0 saturated heterocycles. The topological polar surface area (TPSA) is 56.1 Å². The molecule has 26 heavy (non-hydrogen) atoms. The fraction of sp³-hybridized carbons (Fsp3) is 0.200. The van der Waals surface area contributed by atoms with Gasteiger partial charge in [0.15, 0.2) is 0 Å². The van der Waals surface area contributed by atoms with Crippen LogP contribution in [0.15, 0.2) is 59.2 Å². The lowest BCUT2D eigenvalue weighted by molar-refractivity contribution is 0.0940. The molecule has 0 aliphatic carbocycles. The van der Waals surface area contributed by atoms with E-state index in [1.807, 2.05) is 67.1 Å². The Hall–Kier alpha value is -2.60. The van der Waals surface area contributed by atoms with Gasteiger partial charge in [0.2, 0.25) is 0 Å². The SMILES string of the molecule is COc1ccc([C@@H](C)NC(=O)c2ccc(-n3nccc3C)cc2)cc1Br. The summed E-state index contributed by atoms with van der Waals surface area (Å²) in [6.45, 7) is 3.94. The van der Waals surface area contributed by atoms with Crippen molar-refractivity contribution < 1.29 is 9.53 Å². The molecule has 1 heterocycles. The van der Waals surface area contributed by atoms with Crippen LogP contribution in [0, 0.1) is 6.92 Å². The minimum absolute atomic E-state index is 0.117. The molecule has 1 atom stereocenters. The van der Waals surface area contributed by atoms with Gasteiger partial charge in [-0.2, -0.15) is 5.10 Å². The molecule has 0 spiro atoms. The van der Waals surface area contributed by atoms with Crippen molar-refractivity contribution in [1.29, 1.82) is 0 Å². The Kier molecular flexibility index (Phi) is 5.42. The van der Waals surface area contributed by atoms with E-state index in [2.05, 4.69) is 26.3 Å². The zero-order valence-corrected chi connectivity index (χ0v) is 16.4. The van der Waals surface area contributed by atoms with Gasteiger partial charge in [-0.1, -0.05) is 6.07 Å². The average Bonchev–Trinajstić information content (AvgIpc) is 3.07. The van der Waals surface area contributed by atoms with E-state index in [9.17, 15) is 4.79 Å². The van der Waals surface area contributed by atoms with E-state index >= 15 is 0 Å². The highest BCUT2D eigenvalue weighted by Gasteiger charge is 2.13. The molecule has 134 valence electrons. The molecule has 6 heteroatoms. The second-order valence-corrected chi connectivity index (χ2v) is 6.87. The second kappa shape index (κ2) is 7.74. The van der Waals surface area contributed by atoms with E-state index in [4.69, 9.17) is 4.74 Å². The van der Waals surface area contributed by atoms with Crippen LogP contribution in [0.3, 0.4) is 0 Å². The first kappa shape index (κ1) is 18.2. The number of halogens is 1. The summed E-state index contributed by atoms with van der Waals surface area (Å²) in [5.41, 5.74) is 3.57. The van der Waals surface area contributed by atoms with Gasteiger partial charge in [-0.05, 0) is 77.8 Å². The highest BCUT2D eigenvalue weighted by atomic mass is 79.9. The number of carbonyl (C=O) groups excluding carboxylic acids is 1. The van der Waals surface area contributed by atoms with Gasteiger partial charge in [-0.15, -0.1) is 0 Å². The van der Waals surface area contributed by atoms with Gasteiger partial charge >= 0.3 is 0 Å². The third kappa shape index (κ3) is 3.80. The van der Waals surface area contributed by atoms with Crippen molar-refractivity contribution in [3.63, 3.8) is 0 Å². The Morgan fingerprint density at radius 1 is 1.19 bits per heavy atom. The van der Waals surface area contributed by atoms with Crippen LogP contribution < -0.4 is 10.1 Å². The number of ether oxygens (including phenoxy) is 1. The lowest BCUT2D eigenvalue weighted by Crippen LogP contribution is -2.26. The van der Waals surface area contributed by atoms with E-state index in [1.54, 1.807) is 13.3 Å². The smallest absolute Gasteiger partial charge is 0.251 e. The third-order valence-electron chi connectivity index (χ3n) is 4.23. The van der Waals surface area contributed by atoms with Crippen LogP contribution in [0.1, 0.15) is 34.6 Å². The fourth-order valence-electron chi connectivity index (χ4n) is 2.71. The van der Waals surface area contributed by atoms with Crippen molar-refractivity contribution in [1.82, 2.24) is 15.1 Å². The van der Waals surface area contributed by atoms with Crippen LogP contribution in [-0.2, 0) is 0 Å². The van der Waals surface area contributed by atoms with Gasteiger partial charge in [0.05, 0.1) is 23.3 Å². The molecule has 2 aromatic carbocycles. The summed E-state index contributed by atoms with van der Waals surface area (Å²) in [5.74, 6) is 0.643. The predicted octanol–water partition coefficient (Wildman–Crippen LogP) is 4.44. The number of nitrogens with one attached hydrogen (secondary N) is 1. The molecule has 0 radical (unpaired) electrons. The van der Waals surface area contributed by atoms with Crippen LogP contribution in [0.4, 0.5) is 0 Å². The molecular weight excluding hydrogens is 394 g/mol. The molecule has 3 aromatic rings. The molecular formula is C20H20BrN3O2. The zero-order valence-electron chi connectivity index (χ0n) is 14.9. The Morgan fingerprint density at radius 3 is 2.50 bits per heavy atom. The Bertz CT molecular complexity index is 919. The summed E-state index contributed by atoms with van der Waals surface area (Å²) >= 11 is 3.47. The lowest BCUT2D eigenvalue weighted by atomic mass is 10.1. The van der Waals surface area contributed by atoms with Gasteiger partial charge < -0.3 is 10.1 Å². The summed E-state index contributed by atoms with van der Waals surface area (Å²) in [6.07, 6.45) is 1.75. The lowest BCUT2D eigenvalue weighted by Gasteiger charge is -2.16. The van der Waals surface area contributed by atoms with Crippen LogP contribution >= 0.6 is 15.9 Å². The van der Waals surface area contributed by atoms with Crippen LogP contribution in [-0.4, -0.2) is 22.8 Å². The minimum atomic E-state index is -0.127. The maximum atomic E-state index is 12.5. The Labute approximate surface area is 161 Å². The summed E-state index contributed by atoms with van der Waals surface area (Å²) < 4.78 is 7.93. The van der Waals surface area contributed by atoms with Crippen molar-refractivity contribution in [2.24, 2.45) is 0 Å². The maximum Gasteiger partial charge on any atom is 0.251 e. The average molecular weight is 414 g/mol. The van der Waals surface area contributed by atoms with Gasteiger partial charge in [-0.25, -0.2) is 4.68 Å². The van der Waals surface area contributed by atoms with Crippen LogP contribution in [0.5, 0.6) is 5.75 Å². The third-order valence-corrected chi connectivity index (χ3v) is 4.85.